The molecule has 2 aromatic carbocycles. The van der Waals surface area contributed by atoms with Crippen molar-refractivity contribution >= 4 is 11.6 Å². The number of carbonyl (C=O) groups excluding carboxylic acids is 1. The van der Waals surface area contributed by atoms with Crippen LogP contribution in [0.2, 0.25) is 0 Å². The Morgan fingerprint density at radius 3 is 2.44 bits per heavy atom. The van der Waals surface area contributed by atoms with E-state index in [1.54, 1.807) is 0 Å². The van der Waals surface area contributed by atoms with Crippen molar-refractivity contribution in [2.45, 2.75) is 27.2 Å². The number of amides is 1. The molecule has 4 nitrogen and oxygen atoms in total. The number of quaternary nitrogens is 1. The van der Waals surface area contributed by atoms with Gasteiger partial charge in [0.05, 0.1) is 6.54 Å². The first-order valence-corrected chi connectivity index (χ1v) is 8.97. The van der Waals surface area contributed by atoms with Crippen LogP contribution in [0.25, 0.3) is 0 Å². The fourth-order valence-corrected chi connectivity index (χ4v) is 2.74. The van der Waals surface area contributed by atoms with Gasteiger partial charge in [-0.05, 0) is 44.0 Å². The largest absolute Gasteiger partial charge is 0.488 e. The van der Waals surface area contributed by atoms with Crippen LogP contribution >= 0.6 is 0 Å². The molecule has 1 atom stereocenters. The highest BCUT2D eigenvalue weighted by Gasteiger charge is 2.14. The predicted molar refractivity (Wildman–Crippen MR) is 102 cm³/mol. The molecule has 4 heteroatoms. The summed E-state index contributed by atoms with van der Waals surface area (Å²) >= 11 is 0. The summed E-state index contributed by atoms with van der Waals surface area (Å²) in [6.07, 6.45) is 1.04. The summed E-state index contributed by atoms with van der Waals surface area (Å²) < 4.78 is 5.80. The van der Waals surface area contributed by atoms with E-state index in [0.29, 0.717) is 13.2 Å². The second-order valence-electron chi connectivity index (χ2n) is 6.45. The Morgan fingerprint density at radius 2 is 1.76 bits per heavy atom. The zero-order valence-electron chi connectivity index (χ0n) is 15.5. The second-order valence-corrected chi connectivity index (χ2v) is 6.45. The van der Waals surface area contributed by atoms with Crippen LogP contribution in [0, 0.1) is 13.8 Å². The zero-order valence-corrected chi connectivity index (χ0v) is 15.5. The molecule has 0 aliphatic heterocycles. The van der Waals surface area contributed by atoms with E-state index in [0.717, 1.165) is 36.5 Å². The normalized spacial score (nSPS) is 11.8. The van der Waals surface area contributed by atoms with Gasteiger partial charge in [0, 0.05) is 5.69 Å². The van der Waals surface area contributed by atoms with Gasteiger partial charge in [-0.3, -0.25) is 4.79 Å². The topological polar surface area (TPSA) is 42.8 Å². The molecule has 0 aromatic heterocycles. The lowest BCUT2D eigenvalue weighted by molar-refractivity contribution is -0.891. The van der Waals surface area contributed by atoms with Gasteiger partial charge in [0.25, 0.3) is 5.91 Å². The molecule has 0 aliphatic rings. The van der Waals surface area contributed by atoms with Crippen molar-refractivity contribution < 1.29 is 14.4 Å². The highest BCUT2D eigenvalue weighted by molar-refractivity contribution is 5.92. The first kappa shape index (κ1) is 19.0. The molecule has 0 heterocycles. The number of benzene rings is 2. The second kappa shape index (κ2) is 9.84. The van der Waals surface area contributed by atoms with Crippen molar-refractivity contribution in [1.29, 1.82) is 0 Å². The maximum atomic E-state index is 12.3. The summed E-state index contributed by atoms with van der Waals surface area (Å²) in [7, 11) is 0. The first-order chi connectivity index (χ1) is 12.1. The highest BCUT2D eigenvalue weighted by atomic mass is 16.5. The van der Waals surface area contributed by atoms with Crippen LogP contribution in [0.4, 0.5) is 5.69 Å². The number of hydrogen-bond acceptors (Lipinski definition) is 2. The van der Waals surface area contributed by atoms with Gasteiger partial charge in [-0.2, -0.15) is 0 Å². The molecule has 0 saturated carbocycles. The third kappa shape index (κ3) is 6.59. The van der Waals surface area contributed by atoms with Gasteiger partial charge in [-0.25, -0.2) is 0 Å². The molecule has 0 fully saturated rings. The molecule has 2 aromatic rings. The van der Waals surface area contributed by atoms with E-state index in [1.807, 2.05) is 55.5 Å². The summed E-state index contributed by atoms with van der Waals surface area (Å²) in [5.74, 6) is 0.930. The minimum absolute atomic E-state index is 0.0492. The molecule has 1 amide bonds. The minimum atomic E-state index is 0.0492. The highest BCUT2D eigenvalue weighted by Crippen LogP contribution is 2.12. The standard InChI is InChI=1S/C21H28N2O2/c1-4-13-23(14-15-25-19-11-9-17(2)10-12-19)16-21(24)22-20-8-6-5-7-18(20)3/h5-12H,4,13-16H2,1-3H3,(H,22,24)/p+1. The molecule has 0 aliphatic carbocycles. The number of hydrogen-bond donors (Lipinski definition) is 2. The molecule has 2 N–H and O–H groups in total. The Bertz CT molecular complexity index is 668. The van der Waals surface area contributed by atoms with E-state index in [-0.39, 0.29) is 5.91 Å². The van der Waals surface area contributed by atoms with E-state index in [9.17, 15) is 4.79 Å². The molecule has 1 unspecified atom stereocenters. The molecule has 134 valence electrons. The van der Waals surface area contributed by atoms with Crippen LogP contribution in [0.5, 0.6) is 5.75 Å². The SMILES string of the molecule is CCC[NH+](CCOc1ccc(C)cc1)CC(=O)Nc1ccccc1C. The van der Waals surface area contributed by atoms with Crippen molar-refractivity contribution in [2.75, 3.05) is 31.6 Å². The van der Waals surface area contributed by atoms with E-state index in [1.165, 1.54) is 10.5 Å². The Morgan fingerprint density at radius 1 is 1.04 bits per heavy atom. The Hall–Kier alpha value is -2.33. The lowest BCUT2D eigenvalue weighted by Gasteiger charge is -2.19. The summed E-state index contributed by atoms with van der Waals surface area (Å²) in [5, 5.41) is 3.01. The number of rotatable bonds is 9. The molecule has 0 radical (unpaired) electrons. The molecular formula is C21H29N2O2+. The molecule has 2 rings (SSSR count). The van der Waals surface area contributed by atoms with E-state index >= 15 is 0 Å². The van der Waals surface area contributed by atoms with Crippen LogP contribution in [0.3, 0.4) is 0 Å². The summed E-state index contributed by atoms with van der Waals surface area (Å²) in [4.78, 5) is 13.6. The van der Waals surface area contributed by atoms with Crippen LogP contribution < -0.4 is 15.0 Å². The number of aryl methyl sites for hydroxylation is 2. The first-order valence-electron chi connectivity index (χ1n) is 8.97. The maximum Gasteiger partial charge on any atom is 0.279 e. The fourth-order valence-electron chi connectivity index (χ4n) is 2.74. The summed E-state index contributed by atoms with van der Waals surface area (Å²) in [6.45, 7) is 9.03. The molecular weight excluding hydrogens is 312 g/mol. The van der Waals surface area contributed by atoms with E-state index < -0.39 is 0 Å². The number of para-hydroxylation sites is 1. The average Bonchev–Trinajstić information content (AvgIpc) is 2.59. The minimum Gasteiger partial charge on any atom is -0.488 e. The summed E-state index contributed by atoms with van der Waals surface area (Å²) in [6, 6.07) is 15.9. The van der Waals surface area contributed by atoms with E-state index in [2.05, 4.69) is 19.2 Å². The van der Waals surface area contributed by atoms with Gasteiger partial charge in [-0.15, -0.1) is 0 Å². The Balaban J connectivity index is 1.82. The quantitative estimate of drug-likeness (QED) is 0.736. The molecule has 0 spiro atoms. The molecule has 0 bridgehead atoms. The smallest absolute Gasteiger partial charge is 0.279 e. The number of anilines is 1. The van der Waals surface area contributed by atoms with Crippen LogP contribution in [0.1, 0.15) is 24.5 Å². The Labute approximate surface area is 150 Å². The van der Waals surface area contributed by atoms with E-state index in [4.69, 9.17) is 4.74 Å². The monoisotopic (exact) mass is 341 g/mol. The predicted octanol–water partition coefficient (Wildman–Crippen LogP) is 2.62. The lowest BCUT2D eigenvalue weighted by Crippen LogP contribution is -3.13. The third-order valence-electron chi connectivity index (χ3n) is 4.18. The van der Waals surface area contributed by atoms with Gasteiger partial charge in [-0.1, -0.05) is 42.8 Å². The van der Waals surface area contributed by atoms with Crippen LogP contribution in [0.15, 0.2) is 48.5 Å². The fraction of sp³-hybridized carbons (Fsp3) is 0.381. The van der Waals surface area contributed by atoms with Crippen molar-refractivity contribution in [3.05, 3.63) is 59.7 Å². The van der Waals surface area contributed by atoms with Gasteiger partial charge >= 0.3 is 0 Å². The van der Waals surface area contributed by atoms with Gasteiger partial charge in [0.15, 0.2) is 6.54 Å². The zero-order chi connectivity index (χ0) is 18.1. The maximum absolute atomic E-state index is 12.3. The van der Waals surface area contributed by atoms with Gasteiger partial charge in [0.1, 0.15) is 18.9 Å². The number of carbonyl (C=O) groups is 1. The molecule has 25 heavy (non-hydrogen) atoms. The van der Waals surface area contributed by atoms with Crippen molar-refractivity contribution in [2.24, 2.45) is 0 Å². The Kier molecular flexibility index (Phi) is 7.48. The summed E-state index contributed by atoms with van der Waals surface area (Å²) in [5.41, 5.74) is 3.19. The van der Waals surface area contributed by atoms with Gasteiger partial charge < -0.3 is 15.0 Å². The van der Waals surface area contributed by atoms with Crippen molar-refractivity contribution in [3.63, 3.8) is 0 Å². The molecule has 0 saturated heterocycles. The third-order valence-corrected chi connectivity index (χ3v) is 4.18. The average molecular weight is 341 g/mol. The van der Waals surface area contributed by atoms with Crippen LogP contribution in [-0.4, -0.2) is 32.1 Å². The van der Waals surface area contributed by atoms with Gasteiger partial charge in [0.2, 0.25) is 0 Å². The lowest BCUT2D eigenvalue weighted by atomic mass is 10.2. The van der Waals surface area contributed by atoms with Crippen molar-refractivity contribution in [3.8, 4) is 5.75 Å². The number of nitrogens with one attached hydrogen (secondary N) is 2. The van der Waals surface area contributed by atoms with Crippen LogP contribution in [-0.2, 0) is 4.79 Å². The van der Waals surface area contributed by atoms with Crippen molar-refractivity contribution in [1.82, 2.24) is 0 Å². The number of ether oxygens (including phenoxy) is 1.